The molecule has 0 unspecified atom stereocenters. The monoisotopic (exact) mass is 546 g/mol. The van der Waals surface area contributed by atoms with Gasteiger partial charge in [-0.05, 0) is 71.9 Å². The SMILES string of the molecule is COc1cc(/C=C2/C(=N)N3N=C(COc4ccccc4)SC3=NC2=O)ccc1OC(=O)c1ccc(Cl)cc1. The van der Waals surface area contributed by atoms with Crippen molar-refractivity contribution in [2.24, 2.45) is 10.1 Å². The fraction of sp³-hybridized carbons (Fsp3) is 0.0741. The van der Waals surface area contributed by atoms with Crippen LogP contribution in [0.3, 0.4) is 0 Å². The van der Waals surface area contributed by atoms with Crippen LogP contribution >= 0.6 is 23.4 Å². The molecule has 2 aliphatic rings. The number of amides is 1. The van der Waals surface area contributed by atoms with Gasteiger partial charge in [0.05, 0.1) is 18.2 Å². The van der Waals surface area contributed by atoms with E-state index in [1.807, 2.05) is 30.3 Å². The molecule has 1 N–H and O–H groups in total. The van der Waals surface area contributed by atoms with E-state index < -0.39 is 11.9 Å². The number of nitrogens with zero attached hydrogens (tertiary/aromatic N) is 3. The number of carbonyl (C=O) groups is 2. The number of para-hydroxylation sites is 1. The molecule has 1 amide bonds. The quantitative estimate of drug-likeness (QED) is 0.244. The first-order valence-corrected chi connectivity index (χ1v) is 12.4. The molecular weight excluding hydrogens is 528 g/mol. The lowest BCUT2D eigenvalue weighted by Crippen LogP contribution is -2.35. The summed E-state index contributed by atoms with van der Waals surface area (Å²) in [7, 11) is 1.44. The summed E-state index contributed by atoms with van der Waals surface area (Å²) >= 11 is 7.05. The van der Waals surface area contributed by atoms with Crippen molar-refractivity contribution in [2.45, 2.75) is 0 Å². The van der Waals surface area contributed by atoms with Gasteiger partial charge in [0, 0.05) is 5.02 Å². The van der Waals surface area contributed by atoms with E-state index in [2.05, 4.69) is 10.1 Å². The first-order chi connectivity index (χ1) is 18.4. The van der Waals surface area contributed by atoms with Gasteiger partial charge >= 0.3 is 5.97 Å². The number of rotatable bonds is 7. The van der Waals surface area contributed by atoms with E-state index in [0.29, 0.717) is 32.1 Å². The fourth-order valence-electron chi connectivity index (χ4n) is 3.52. The lowest BCUT2D eigenvalue weighted by Gasteiger charge is -2.20. The predicted octanol–water partition coefficient (Wildman–Crippen LogP) is 5.27. The number of nitrogens with one attached hydrogen (secondary N) is 1. The Balaban J connectivity index is 1.32. The Labute approximate surface area is 226 Å². The summed E-state index contributed by atoms with van der Waals surface area (Å²) < 4.78 is 16.6. The van der Waals surface area contributed by atoms with E-state index >= 15 is 0 Å². The summed E-state index contributed by atoms with van der Waals surface area (Å²) in [6.45, 7) is 0.179. The first kappa shape index (κ1) is 25.2. The van der Waals surface area contributed by atoms with Crippen molar-refractivity contribution in [3.8, 4) is 17.2 Å². The van der Waals surface area contributed by atoms with Crippen molar-refractivity contribution in [1.82, 2.24) is 5.01 Å². The lowest BCUT2D eigenvalue weighted by molar-refractivity contribution is -0.114. The maximum absolute atomic E-state index is 12.8. The number of benzene rings is 3. The third-order valence-corrected chi connectivity index (χ3v) is 6.52. The first-order valence-electron chi connectivity index (χ1n) is 11.2. The molecule has 0 aliphatic carbocycles. The summed E-state index contributed by atoms with van der Waals surface area (Å²) in [5.41, 5.74) is 0.926. The Morgan fingerprint density at radius 2 is 1.84 bits per heavy atom. The Morgan fingerprint density at radius 3 is 2.58 bits per heavy atom. The number of esters is 1. The number of hydrogen-bond acceptors (Lipinski definition) is 8. The number of amidine groups is 2. The number of ether oxygens (including phenoxy) is 3. The maximum Gasteiger partial charge on any atom is 0.343 e. The zero-order chi connectivity index (χ0) is 26.6. The van der Waals surface area contributed by atoms with Gasteiger partial charge in [-0.15, -0.1) is 0 Å². The van der Waals surface area contributed by atoms with Gasteiger partial charge < -0.3 is 14.2 Å². The van der Waals surface area contributed by atoms with Crippen LogP contribution in [0, 0.1) is 5.41 Å². The summed E-state index contributed by atoms with van der Waals surface area (Å²) in [5.74, 6) is -0.0932. The lowest BCUT2D eigenvalue weighted by atomic mass is 10.1. The minimum atomic E-state index is -0.575. The van der Waals surface area contributed by atoms with Crippen molar-refractivity contribution < 1.29 is 23.8 Å². The largest absolute Gasteiger partial charge is 0.493 e. The summed E-state index contributed by atoms with van der Waals surface area (Å²) in [6, 6.07) is 20.4. The molecule has 2 heterocycles. The van der Waals surface area contributed by atoms with E-state index in [1.165, 1.54) is 30.0 Å². The molecular formula is C27H19ClN4O5S. The molecule has 0 atom stereocenters. The normalized spacial score (nSPS) is 15.6. The van der Waals surface area contributed by atoms with Gasteiger partial charge in [0.1, 0.15) is 17.4 Å². The second-order valence-corrected chi connectivity index (χ2v) is 9.40. The van der Waals surface area contributed by atoms with Gasteiger partial charge in [-0.2, -0.15) is 15.1 Å². The molecule has 2 aliphatic heterocycles. The number of hydrazone groups is 1. The molecule has 11 heteroatoms. The van der Waals surface area contributed by atoms with Crippen LogP contribution in [-0.4, -0.2) is 46.6 Å². The maximum atomic E-state index is 12.8. The van der Waals surface area contributed by atoms with Crippen LogP contribution in [0.2, 0.25) is 5.02 Å². The van der Waals surface area contributed by atoms with Crippen molar-refractivity contribution in [1.29, 1.82) is 5.41 Å². The molecule has 5 rings (SSSR count). The van der Waals surface area contributed by atoms with Crippen molar-refractivity contribution in [3.05, 3.63) is 94.5 Å². The van der Waals surface area contributed by atoms with Crippen LogP contribution in [0.1, 0.15) is 15.9 Å². The Kier molecular flexibility index (Phi) is 7.25. The summed E-state index contributed by atoms with van der Waals surface area (Å²) in [6.07, 6.45) is 1.51. The molecule has 9 nitrogen and oxygen atoms in total. The summed E-state index contributed by atoms with van der Waals surface area (Å²) in [5, 5.41) is 15.6. The van der Waals surface area contributed by atoms with E-state index in [9.17, 15) is 9.59 Å². The number of fused-ring (bicyclic) bond motifs is 1. The topological polar surface area (TPSA) is 114 Å². The van der Waals surface area contributed by atoms with Crippen molar-refractivity contribution >= 4 is 57.4 Å². The van der Waals surface area contributed by atoms with Crippen LogP contribution in [0.4, 0.5) is 0 Å². The molecule has 0 saturated heterocycles. The number of methoxy groups -OCH3 is 1. The number of thioether (sulfide) groups is 1. The van der Waals surface area contributed by atoms with Gasteiger partial charge in [-0.3, -0.25) is 10.2 Å². The third-order valence-electron chi connectivity index (χ3n) is 5.38. The molecule has 0 bridgehead atoms. The van der Waals surface area contributed by atoms with Gasteiger partial charge in [-0.25, -0.2) is 4.79 Å². The van der Waals surface area contributed by atoms with E-state index in [0.717, 1.165) is 0 Å². The molecule has 0 saturated carbocycles. The van der Waals surface area contributed by atoms with Gasteiger partial charge in [0.2, 0.25) is 5.17 Å². The minimum absolute atomic E-state index is 0.0521. The van der Waals surface area contributed by atoms with Crippen molar-refractivity contribution in [3.63, 3.8) is 0 Å². The number of aliphatic imine (C=N–C) groups is 1. The molecule has 190 valence electrons. The second-order valence-electron chi connectivity index (χ2n) is 7.92. The highest BCUT2D eigenvalue weighted by atomic mass is 35.5. The Morgan fingerprint density at radius 1 is 1.08 bits per heavy atom. The van der Waals surface area contributed by atoms with E-state index in [4.69, 9.17) is 31.2 Å². The summed E-state index contributed by atoms with van der Waals surface area (Å²) in [4.78, 5) is 29.3. The average Bonchev–Trinajstić information content (AvgIpc) is 3.34. The molecule has 0 aromatic heterocycles. The zero-order valence-electron chi connectivity index (χ0n) is 19.9. The minimum Gasteiger partial charge on any atom is -0.493 e. The molecule has 0 radical (unpaired) electrons. The van der Waals surface area contributed by atoms with Gasteiger partial charge in [-0.1, -0.05) is 35.9 Å². The van der Waals surface area contributed by atoms with Gasteiger partial charge in [0.25, 0.3) is 5.91 Å². The second kappa shape index (κ2) is 10.9. The van der Waals surface area contributed by atoms with E-state index in [1.54, 1.807) is 42.5 Å². The molecule has 3 aromatic carbocycles. The fourth-order valence-corrected chi connectivity index (χ4v) is 4.45. The number of halogens is 1. The van der Waals surface area contributed by atoms with Crippen LogP contribution in [-0.2, 0) is 4.79 Å². The number of carbonyl (C=O) groups excluding carboxylic acids is 2. The highest BCUT2D eigenvalue weighted by Gasteiger charge is 2.35. The zero-order valence-corrected chi connectivity index (χ0v) is 21.5. The van der Waals surface area contributed by atoms with Crippen molar-refractivity contribution in [2.75, 3.05) is 13.7 Å². The molecule has 0 fully saturated rings. The number of hydrogen-bond donors (Lipinski definition) is 1. The smallest absolute Gasteiger partial charge is 0.343 e. The molecule has 0 spiro atoms. The Bertz CT molecular complexity index is 1520. The molecule has 3 aromatic rings. The standard InChI is InChI=1S/C27H19ClN4O5S/c1-35-22-14-16(7-12-21(22)37-26(34)17-8-10-18(28)11-9-17)13-20-24(29)32-27(30-25(20)33)38-23(31-32)15-36-19-5-3-2-4-6-19/h2-14,29H,15H2,1H3/b20-13-,29-24?. The predicted molar refractivity (Wildman–Crippen MR) is 146 cm³/mol. The van der Waals surface area contributed by atoms with Gasteiger partial charge in [0.15, 0.2) is 17.3 Å². The van der Waals surface area contributed by atoms with Crippen LogP contribution in [0.5, 0.6) is 17.2 Å². The van der Waals surface area contributed by atoms with Crippen LogP contribution in [0.25, 0.3) is 6.08 Å². The highest BCUT2D eigenvalue weighted by Crippen LogP contribution is 2.32. The highest BCUT2D eigenvalue weighted by molar-refractivity contribution is 8.27. The average molecular weight is 547 g/mol. The van der Waals surface area contributed by atoms with Crippen LogP contribution in [0.15, 0.2) is 88.5 Å². The molecule has 38 heavy (non-hydrogen) atoms. The third kappa shape index (κ3) is 5.46. The van der Waals surface area contributed by atoms with Crippen LogP contribution < -0.4 is 14.2 Å². The van der Waals surface area contributed by atoms with E-state index in [-0.39, 0.29) is 29.5 Å². The Hall–Kier alpha value is -4.41.